The molecule has 2 atom stereocenters. The van der Waals surface area contributed by atoms with Gasteiger partial charge in [-0.15, -0.1) is 11.3 Å². The maximum atomic E-state index is 12.5. The number of ether oxygens (including phenoxy) is 1. The van der Waals surface area contributed by atoms with E-state index >= 15 is 0 Å². The molecule has 2 aromatic rings. The van der Waals surface area contributed by atoms with Crippen LogP contribution in [0.5, 0.6) is 0 Å². The minimum absolute atomic E-state index is 0.00230. The number of carbonyl (C=O) groups is 1. The first-order valence-corrected chi connectivity index (χ1v) is 8.93. The van der Waals surface area contributed by atoms with Crippen molar-refractivity contribution in [1.29, 1.82) is 0 Å². The van der Waals surface area contributed by atoms with E-state index in [1.54, 1.807) is 0 Å². The molecule has 0 unspecified atom stereocenters. The first-order valence-electron chi connectivity index (χ1n) is 7.73. The Bertz CT molecular complexity index is 691. The first-order chi connectivity index (χ1) is 10.6. The zero-order chi connectivity index (χ0) is 15.7. The van der Waals surface area contributed by atoms with E-state index < -0.39 is 0 Å². The molecule has 0 radical (unpaired) electrons. The molecule has 118 valence electrons. The van der Waals surface area contributed by atoms with Crippen LogP contribution in [0.25, 0.3) is 10.1 Å². The number of hydrogen-bond acceptors (Lipinski definition) is 3. The number of rotatable bonds is 4. The highest BCUT2D eigenvalue weighted by Crippen LogP contribution is 2.36. The fraction of sp³-hybridized carbons (Fsp3) is 0.471. The molecule has 1 aromatic carbocycles. The normalized spacial score (nSPS) is 19.5. The molecular formula is C17H20ClNO2S. The van der Waals surface area contributed by atoms with Crippen molar-refractivity contribution in [2.45, 2.75) is 45.3 Å². The van der Waals surface area contributed by atoms with Gasteiger partial charge in [-0.2, -0.15) is 0 Å². The van der Waals surface area contributed by atoms with Crippen molar-refractivity contribution in [3.8, 4) is 0 Å². The highest BCUT2D eigenvalue weighted by molar-refractivity contribution is 7.21. The molecule has 0 aliphatic carbocycles. The van der Waals surface area contributed by atoms with E-state index in [4.69, 9.17) is 16.3 Å². The number of thiophene rings is 1. The van der Waals surface area contributed by atoms with Crippen molar-refractivity contribution < 1.29 is 9.53 Å². The van der Waals surface area contributed by atoms with Crippen molar-refractivity contribution in [2.75, 3.05) is 6.61 Å². The third-order valence-corrected chi connectivity index (χ3v) is 5.85. The molecule has 1 aliphatic heterocycles. The largest absolute Gasteiger partial charge is 0.376 e. The summed E-state index contributed by atoms with van der Waals surface area (Å²) in [4.78, 5) is 13.1. The Kier molecular flexibility index (Phi) is 4.71. The number of halogens is 1. The quantitative estimate of drug-likeness (QED) is 0.897. The summed E-state index contributed by atoms with van der Waals surface area (Å²) in [6, 6.07) is 6.19. The molecule has 1 saturated heterocycles. The predicted octanol–water partition coefficient (Wildman–Crippen LogP) is 4.41. The van der Waals surface area contributed by atoms with Crippen LogP contribution in [-0.4, -0.2) is 24.7 Å². The molecule has 3 rings (SSSR count). The zero-order valence-electron chi connectivity index (χ0n) is 12.8. The summed E-state index contributed by atoms with van der Waals surface area (Å²) in [6.07, 6.45) is 3.16. The Labute approximate surface area is 139 Å². The van der Waals surface area contributed by atoms with Crippen LogP contribution >= 0.6 is 22.9 Å². The Morgan fingerprint density at radius 1 is 1.55 bits per heavy atom. The summed E-state index contributed by atoms with van der Waals surface area (Å²) in [5, 5.41) is 4.54. The summed E-state index contributed by atoms with van der Waals surface area (Å²) in [6.45, 7) is 4.89. The summed E-state index contributed by atoms with van der Waals surface area (Å²) in [5.41, 5.74) is 1.25. The summed E-state index contributed by atoms with van der Waals surface area (Å²) in [5.74, 6) is -0.104. The molecule has 1 aromatic heterocycles. The molecule has 3 nitrogen and oxygen atoms in total. The SMILES string of the molecule is CCc1ccc2c(Cl)c(C(=O)N[C@H](C)[C@@H]3CCCO3)sc2c1. The minimum Gasteiger partial charge on any atom is -0.376 e. The van der Waals surface area contributed by atoms with Gasteiger partial charge in [0.2, 0.25) is 0 Å². The fourth-order valence-corrected chi connectivity index (χ4v) is 4.32. The van der Waals surface area contributed by atoms with Gasteiger partial charge >= 0.3 is 0 Å². The van der Waals surface area contributed by atoms with Gasteiger partial charge in [0.15, 0.2) is 0 Å². The van der Waals surface area contributed by atoms with E-state index in [0.29, 0.717) is 9.90 Å². The van der Waals surface area contributed by atoms with Gasteiger partial charge in [-0.25, -0.2) is 0 Å². The van der Waals surface area contributed by atoms with Gasteiger partial charge in [0.05, 0.1) is 17.2 Å². The van der Waals surface area contributed by atoms with Crippen molar-refractivity contribution in [1.82, 2.24) is 5.32 Å². The molecule has 0 saturated carbocycles. The molecule has 1 fully saturated rings. The lowest BCUT2D eigenvalue weighted by Gasteiger charge is -2.19. The second kappa shape index (κ2) is 6.57. The van der Waals surface area contributed by atoms with Crippen LogP contribution in [0.4, 0.5) is 0 Å². The second-order valence-electron chi connectivity index (χ2n) is 5.74. The Morgan fingerprint density at radius 3 is 3.05 bits per heavy atom. The van der Waals surface area contributed by atoms with Crippen molar-refractivity contribution in [2.24, 2.45) is 0 Å². The lowest BCUT2D eigenvalue weighted by Crippen LogP contribution is -2.40. The molecule has 1 aliphatic rings. The molecule has 2 heterocycles. The average molecular weight is 338 g/mol. The number of carbonyl (C=O) groups excluding carboxylic acids is 1. The van der Waals surface area contributed by atoms with E-state index in [-0.39, 0.29) is 18.1 Å². The van der Waals surface area contributed by atoms with Gasteiger partial charge in [-0.1, -0.05) is 30.7 Å². The van der Waals surface area contributed by atoms with Crippen LogP contribution in [0, 0.1) is 0 Å². The molecule has 1 amide bonds. The van der Waals surface area contributed by atoms with Gasteiger partial charge < -0.3 is 10.1 Å². The number of aryl methyl sites for hydroxylation is 1. The number of fused-ring (bicyclic) bond motifs is 1. The molecule has 1 N–H and O–H groups in total. The van der Waals surface area contributed by atoms with Gasteiger partial charge in [0.25, 0.3) is 5.91 Å². The van der Waals surface area contributed by atoms with Crippen LogP contribution in [-0.2, 0) is 11.2 Å². The summed E-state index contributed by atoms with van der Waals surface area (Å²) < 4.78 is 6.70. The molecular weight excluding hydrogens is 318 g/mol. The van der Waals surface area contributed by atoms with E-state index in [1.807, 2.05) is 13.0 Å². The second-order valence-corrected chi connectivity index (χ2v) is 7.17. The van der Waals surface area contributed by atoms with Gasteiger partial charge in [0.1, 0.15) is 4.88 Å². The lowest BCUT2D eigenvalue weighted by atomic mass is 10.1. The van der Waals surface area contributed by atoms with E-state index in [9.17, 15) is 4.79 Å². The van der Waals surface area contributed by atoms with Crippen LogP contribution in [0.15, 0.2) is 18.2 Å². The lowest BCUT2D eigenvalue weighted by molar-refractivity contribution is 0.0715. The van der Waals surface area contributed by atoms with E-state index in [2.05, 4.69) is 24.4 Å². The molecule has 5 heteroatoms. The number of benzene rings is 1. The third-order valence-electron chi connectivity index (χ3n) is 4.19. The number of nitrogens with one attached hydrogen (secondary N) is 1. The smallest absolute Gasteiger partial charge is 0.263 e. The van der Waals surface area contributed by atoms with Crippen LogP contribution < -0.4 is 5.32 Å². The van der Waals surface area contributed by atoms with Crippen molar-refractivity contribution in [3.63, 3.8) is 0 Å². The van der Waals surface area contributed by atoms with Gasteiger partial charge in [-0.3, -0.25) is 4.79 Å². The zero-order valence-corrected chi connectivity index (χ0v) is 14.4. The molecule has 0 spiro atoms. The Hall–Kier alpha value is -1.10. The summed E-state index contributed by atoms with van der Waals surface area (Å²) in [7, 11) is 0. The van der Waals surface area contributed by atoms with E-state index in [1.165, 1.54) is 16.9 Å². The Morgan fingerprint density at radius 2 is 2.36 bits per heavy atom. The fourth-order valence-electron chi connectivity index (χ4n) is 2.84. The van der Waals surface area contributed by atoms with Gasteiger partial charge in [0, 0.05) is 16.7 Å². The predicted molar refractivity (Wildman–Crippen MR) is 92.1 cm³/mol. The van der Waals surface area contributed by atoms with Crippen LogP contribution in [0.1, 0.15) is 41.9 Å². The maximum absolute atomic E-state index is 12.5. The van der Waals surface area contributed by atoms with Gasteiger partial charge in [-0.05, 0) is 37.8 Å². The topological polar surface area (TPSA) is 38.3 Å². The summed E-state index contributed by atoms with van der Waals surface area (Å²) >= 11 is 7.87. The molecule has 22 heavy (non-hydrogen) atoms. The van der Waals surface area contributed by atoms with E-state index in [0.717, 1.165) is 36.0 Å². The molecule has 0 bridgehead atoms. The number of hydrogen-bond donors (Lipinski definition) is 1. The van der Waals surface area contributed by atoms with Crippen molar-refractivity contribution >= 4 is 38.9 Å². The standard InChI is InChI=1S/C17H20ClNO2S/c1-3-11-6-7-12-14(9-11)22-16(15(12)18)17(20)19-10(2)13-5-4-8-21-13/h6-7,9-10,13H,3-5,8H2,1-2H3,(H,19,20)/t10-,13+/m1/s1. The minimum atomic E-state index is -0.104. The van der Waals surface area contributed by atoms with Crippen LogP contribution in [0.2, 0.25) is 5.02 Å². The highest BCUT2D eigenvalue weighted by Gasteiger charge is 2.25. The Balaban J connectivity index is 1.82. The van der Waals surface area contributed by atoms with Crippen LogP contribution in [0.3, 0.4) is 0 Å². The third kappa shape index (κ3) is 3.00. The maximum Gasteiger partial charge on any atom is 0.263 e. The highest BCUT2D eigenvalue weighted by atomic mass is 35.5. The number of amides is 1. The monoisotopic (exact) mass is 337 g/mol. The van der Waals surface area contributed by atoms with Crippen molar-refractivity contribution in [3.05, 3.63) is 33.7 Å². The first kappa shape index (κ1) is 15.8. The average Bonchev–Trinajstić information content (AvgIpc) is 3.15.